The molecule has 0 fully saturated rings. The molecule has 29 heavy (non-hydrogen) atoms. The van der Waals surface area contributed by atoms with Gasteiger partial charge in [-0.15, -0.1) is 0 Å². The molecule has 0 aliphatic carbocycles. The smallest absolute Gasteiger partial charge is 0.324 e. The van der Waals surface area contributed by atoms with Crippen LogP contribution in [-0.4, -0.2) is 21.6 Å². The van der Waals surface area contributed by atoms with Gasteiger partial charge in [-0.25, -0.2) is 0 Å². The van der Waals surface area contributed by atoms with E-state index in [1.54, 1.807) is 37.5 Å². The van der Waals surface area contributed by atoms with Crippen molar-refractivity contribution < 1.29 is 22.8 Å². The lowest BCUT2D eigenvalue weighted by molar-refractivity contribution is -0.137. The Labute approximate surface area is 164 Å². The molecule has 0 saturated heterocycles. The molecule has 1 heterocycles. The fraction of sp³-hybridized carbons (Fsp3) is 0.150. The summed E-state index contributed by atoms with van der Waals surface area (Å²) in [5, 5.41) is 9.14. The van der Waals surface area contributed by atoms with Crippen molar-refractivity contribution in [3.8, 4) is 0 Å². The number of aromatic nitrogens is 2. The molecule has 0 radical (unpaired) electrons. The largest absolute Gasteiger partial charge is 0.417 e. The van der Waals surface area contributed by atoms with E-state index in [-0.39, 0.29) is 12.5 Å². The van der Waals surface area contributed by atoms with Gasteiger partial charge in [-0.1, -0.05) is 12.1 Å². The third kappa shape index (κ3) is 5.01. The van der Waals surface area contributed by atoms with Gasteiger partial charge in [-0.2, -0.15) is 18.3 Å². The fourth-order valence-corrected chi connectivity index (χ4v) is 2.74. The number of hydrogen-bond acceptors (Lipinski definition) is 3. The lowest BCUT2D eigenvalue weighted by Gasteiger charge is -2.14. The molecule has 0 aliphatic heterocycles. The summed E-state index contributed by atoms with van der Waals surface area (Å²) in [7, 11) is 0. The number of hydrogen-bond donors (Lipinski definition) is 2. The van der Waals surface area contributed by atoms with E-state index in [0.717, 1.165) is 12.1 Å². The van der Waals surface area contributed by atoms with Crippen molar-refractivity contribution in [3.05, 3.63) is 77.6 Å². The van der Waals surface area contributed by atoms with E-state index in [1.807, 2.05) is 0 Å². The van der Waals surface area contributed by atoms with Crippen LogP contribution in [0.3, 0.4) is 0 Å². The van der Waals surface area contributed by atoms with Crippen LogP contribution in [0.5, 0.6) is 0 Å². The zero-order valence-corrected chi connectivity index (χ0v) is 15.3. The van der Waals surface area contributed by atoms with E-state index in [4.69, 9.17) is 0 Å². The molecule has 150 valence electrons. The Hall–Kier alpha value is -3.62. The lowest BCUT2D eigenvalue weighted by Crippen LogP contribution is -2.20. The molecular formula is C20H17F3N4O2. The standard InChI is InChI=1S/C20H17F3N4O2/c1-13-11-14(7-8-17(13)26-18(28)12-27-10-4-9-24-27)25-19(29)15-5-2-3-6-16(15)20(21,22)23/h2-11H,12H2,1H3,(H,25,29)(H,26,28). The topological polar surface area (TPSA) is 76.0 Å². The summed E-state index contributed by atoms with van der Waals surface area (Å²) in [6.45, 7) is 1.75. The van der Waals surface area contributed by atoms with E-state index in [9.17, 15) is 22.8 Å². The minimum Gasteiger partial charge on any atom is -0.324 e. The van der Waals surface area contributed by atoms with E-state index in [2.05, 4.69) is 15.7 Å². The SMILES string of the molecule is Cc1cc(NC(=O)c2ccccc2C(F)(F)F)ccc1NC(=O)Cn1cccn1. The summed E-state index contributed by atoms with van der Waals surface area (Å²) in [6, 6.07) is 10.9. The maximum absolute atomic E-state index is 13.1. The van der Waals surface area contributed by atoms with Crippen LogP contribution >= 0.6 is 0 Å². The molecule has 0 unspecified atom stereocenters. The van der Waals surface area contributed by atoms with E-state index in [0.29, 0.717) is 16.9 Å². The molecule has 6 nitrogen and oxygen atoms in total. The highest BCUT2D eigenvalue weighted by Crippen LogP contribution is 2.32. The van der Waals surface area contributed by atoms with Crippen molar-refractivity contribution in [2.45, 2.75) is 19.6 Å². The van der Waals surface area contributed by atoms with Crippen molar-refractivity contribution in [2.24, 2.45) is 0 Å². The summed E-state index contributed by atoms with van der Waals surface area (Å²) < 4.78 is 40.8. The first-order chi connectivity index (χ1) is 13.7. The molecule has 0 atom stereocenters. The van der Waals surface area contributed by atoms with E-state index < -0.39 is 23.2 Å². The minimum absolute atomic E-state index is 0.0408. The summed E-state index contributed by atoms with van der Waals surface area (Å²) in [6.07, 6.45) is -1.41. The van der Waals surface area contributed by atoms with Gasteiger partial charge >= 0.3 is 6.18 Å². The van der Waals surface area contributed by atoms with Gasteiger partial charge in [0.05, 0.1) is 11.1 Å². The Bertz CT molecular complexity index is 1030. The quantitative estimate of drug-likeness (QED) is 0.675. The Kier molecular flexibility index (Phi) is 5.67. The van der Waals surface area contributed by atoms with Gasteiger partial charge in [0.1, 0.15) is 6.54 Å². The van der Waals surface area contributed by atoms with Crippen molar-refractivity contribution in [2.75, 3.05) is 10.6 Å². The van der Waals surface area contributed by atoms with E-state index in [1.165, 1.54) is 22.9 Å². The van der Waals surface area contributed by atoms with Crippen molar-refractivity contribution in [1.29, 1.82) is 0 Å². The molecule has 2 N–H and O–H groups in total. The van der Waals surface area contributed by atoms with Crippen molar-refractivity contribution >= 4 is 23.2 Å². The normalized spacial score (nSPS) is 11.2. The monoisotopic (exact) mass is 402 g/mol. The number of anilines is 2. The second kappa shape index (κ2) is 8.17. The molecule has 0 saturated carbocycles. The molecule has 1 aromatic heterocycles. The second-order valence-electron chi connectivity index (χ2n) is 6.28. The number of alkyl halides is 3. The molecular weight excluding hydrogens is 385 g/mol. The average molecular weight is 402 g/mol. The predicted octanol–water partition coefficient (Wildman–Crippen LogP) is 4.10. The Morgan fingerprint density at radius 1 is 1.07 bits per heavy atom. The average Bonchev–Trinajstić information content (AvgIpc) is 3.16. The lowest BCUT2D eigenvalue weighted by atomic mass is 10.1. The van der Waals surface area contributed by atoms with Gasteiger partial charge in [0, 0.05) is 23.8 Å². The first-order valence-electron chi connectivity index (χ1n) is 8.59. The van der Waals surface area contributed by atoms with Gasteiger partial charge in [0.15, 0.2) is 0 Å². The van der Waals surface area contributed by atoms with E-state index >= 15 is 0 Å². The zero-order valence-electron chi connectivity index (χ0n) is 15.3. The van der Waals surface area contributed by atoms with Gasteiger partial charge in [0.25, 0.3) is 5.91 Å². The van der Waals surface area contributed by atoms with Gasteiger partial charge in [-0.3, -0.25) is 14.3 Å². The maximum atomic E-state index is 13.1. The molecule has 0 aliphatic rings. The third-order valence-electron chi connectivity index (χ3n) is 4.10. The Morgan fingerprint density at radius 2 is 1.83 bits per heavy atom. The molecule has 3 rings (SSSR count). The first kappa shape index (κ1) is 20.1. The number of amides is 2. The van der Waals surface area contributed by atoms with Crippen LogP contribution in [0.1, 0.15) is 21.5 Å². The molecule has 3 aromatic rings. The molecule has 9 heteroatoms. The van der Waals surface area contributed by atoms with Gasteiger partial charge in [0.2, 0.25) is 5.91 Å². The summed E-state index contributed by atoms with van der Waals surface area (Å²) >= 11 is 0. The summed E-state index contributed by atoms with van der Waals surface area (Å²) in [4.78, 5) is 24.4. The van der Waals surface area contributed by atoms with Crippen molar-refractivity contribution in [1.82, 2.24) is 9.78 Å². The molecule has 2 amide bonds. The van der Waals surface area contributed by atoms with Crippen LogP contribution < -0.4 is 10.6 Å². The van der Waals surface area contributed by atoms with Crippen LogP contribution in [0, 0.1) is 6.92 Å². The van der Waals surface area contributed by atoms with Crippen LogP contribution in [0.15, 0.2) is 60.9 Å². The van der Waals surface area contributed by atoms with Crippen molar-refractivity contribution in [3.63, 3.8) is 0 Å². The van der Waals surface area contributed by atoms with Crippen LogP contribution in [0.4, 0.5) is 24.5 Å². The number of rotatable bonds is 5. The second-order valence-corrected chi connectivity index (χ2v) is 6.28. The highest BCUT2D eigenvalue weighted by molar-refractivity contribution is 6.05. The van der Waals surface area contributed by atoms with Crippen LogP contribution in [0.25, 0.3) is 0 Å². The minimum atomic E-state index is -4.63. The van der Waals surface area contributed by atoms with Crippen LogP contribution in [0.2, 0.25) is 0 Å². The predicted molar refractivity (Wildman–Crippen MR) is 101 cm³/mol. The number of benzene rings is 2. The van der Waals surface area contributed by atoms with Crippen LogP contribution in [-0.2, 0) is 17.5 Å². The van der Waals surface area contributed by atoms with Gasteiger partial charge < -0.3 is 10.6 Å². The molecule has 0 spiro atoms. The molecule has 0 bridgehead atoms. The number of carbonyl (C=O) groups is 2. The zero-order chi connectivity index (χ0) is 21.0. The maximum Gasteiger partial charge on any atom is 0.417 e. The third-order valence-corrected chi connectivity index (χ3v) is 4.10. The Balaban J connectivity index is 1.71. The first-order valence-corrected chi connectivity index (χ1v) is 8.59. The molecule has 2 aromatic carbocycles. The number of halogens is 3. The highest BCUT2D eigenvalue weighted by Gasteiger charge is 2.34. The number of nitrogens with zero attached hydrogens (tertiary/aromatic N) is 2. The Morgan fingerprint density at radius 3 is 2.48 bits per heavy atom. The van der Waals surface area contributed by atoms with Gasteiger partial charge in [-0.05, 0) is 48.9 Å². The highest BCUT2D eigenvalue weighted by atomic mass is 19.4. The number of nitrogens with one attached hydrogen (secondary N) is 2. The summed E-state index contributed by atoms with van der Waals surface area (Å²) in [5.41, 5.74) is 0.0112. The fourth-order valence-electron chi connectivity index (χ4n) is 2.74. The summed E-state index contributed by atoms with van der Waals surface area (Å²) in [5.74, 6) is -1.15. The number of aryl methyl sites for hydroxylation is 1. The number of carbonyl (C=O) groups excluding carboxylic acids is 2.